The van der Waals surface area contributed by atoms with Gasteiger partial charge in [0.1, 0.15) is 0 Å². The summed E-state index contributed by atoms with van der Waals surface area (Å²) in [5.41, 5.74) is -2.14. The van der Waals surface area contributed by atoms with Gasteiger partial charge in [0, 0.05) is 0 Å². The van der Waals surface area contributed by atoms with Crippen LogP contribution in [0, 0.1) is 11.2 Å². The van der Waals surface area contributed by atoms with Gasteiger partial charge in [0.15, 0.2) is 0 Å². The Balaban J connectivity index is 1.50. The minimum absolute atomic E-state index is 0.0337. The van der Waals surface area contributed by atoms with E-state index in [1.807, 2.05) is 11.1 Å². The summed E-state index contributed by atoms with van der Waals surface area (Å²) < 4.78 is 43.1. The second-order valence-electron chi connectivity index (χ2n) is 9.84. The van der Waals surface area contributed by atoms with Crippen molar-refractivity contribution < 1.29 is 37.1 Å². The maximum atomic E-state index is 13.9. The predicted octanol–water partition coefficient (Wildman–Crippen LogP) is 3.17. The molecule has 4 atom stereocenters. The first-order chi connectivity index (χ1) is 17.3. The number of carbonyl (C=O) groups excluding carboxylic acids is 1. The number of H-pyrrole nitrogens is 1. The van der Waals surface area contributed by atoms with Crippen LogP contribution in [0.2, 0.25) is 5.02 Å². The molecule has 11 nitrogen and oxygen atoms in total. The van der Waals surface area contributed by atoms with Crippen LogP contribution < -0.4 is 11.2 Å². The van der Waals surface area contributed by atoms with Gasteiger partial charge in [-0.2, -0.15) is 0 Å². The Labute approximate surface area is 217 Å². The number of nitrogens with zero attached hydrogens (tertiary/aromatic N) is 1. The minimum atomic E-state index is -4.14. The first-order valence-corrected chi connectivity index (χ1v) is 13.7. The molecule has 37 heavy (non-hydrogen) atoms. The van der Waals surface area contributed by atoms with Crippen LogP contribution >= 0.6 is 19.8 Å². The molecule has 0 spiro atoms. The number of hydrogen-bond acceptors (Lipinski definition) is 9. The number of ether oxygens (including phenoxy) is 2. The van der Waals surface area contributed by atoms with E-state index >= 15 is 0 Å². The number of hydrogen-bond donors (Lipinski definition) is 2. The summed E-state index contributed by atoms with van der Waals surface area (Å²) in [4.78, 5) is 49.1. The van der Waals surface area contributed by atoms with Gasteiger partial charge in [0.25, 0.3) is 0 Å². The molecule has 0 aliphatic carbocycles. The van der Waals surface area contributed by atoms with Crippen molar-refractivity contribution >= 4 is 25.7 Å². The first kappa shape index (κ1) is 27.8. The maximum absolute atomic E-state index is 13.9. The molecule has 204 valence electrons. The molecule has 1 unspecified atom stereocenters. The van der Waals surface area contributed by atoms with E-state index in [4.69, 9.17) is 34.6 Å². The SMILES string of the molecule is CC(C)(C)C(=O)O[C@H]1C[C@H](n2cc(F)c(=O)[nH]c2=O)O[C@@H]1CO[PH]1(O)OCCC(c2cccc(Cl)c2)O1. The quantitative estimate of drug-likeness (QED) is 0.401. The predicted molar refractivity (Wildman–Crippen MR) is 131 cm³/mol. The molecule has 14 heteroatoms. The van der Waals surface area contributed by atoms with Crippen molar-refractivity contribution in [3.05, 3.63) is 67.7 Å². The molecule has 0 bridgehead atoms. The van der Waals surface area contributed by atoms with Gasteiger partial charge < -0.3 is 0 Å². The van der Waals surface area contributed by atoms with Crippen molar-refractivity contribution in [1.82, 2.24) is 9.55 Å². The van der Waals surface area contributed by atoms with Crippen LogP contribution in [0.25, 0.3) is 0 Å². The number of halogens is 2. The summed E-state index contributed by atoms with van der Waals surface area (Å²) in [6, 6.07) is 7.02. The fourth-order valence-corrected chi connectivity index (χ4v) is 5.69. The number of carbonyl (C=O) groups is 1. The fraction of sp³-hybridized carbons (Fsp3) is 0.522. The zero-order valence-electron chi connectivity index (χ0n) is 20.4. The van der Waals surface area contributed by atoms with E-state index < -0.39 is 61.2 Å². The van der Waals surface area contributed by atoms with E-state index in [0.29, 0.717) is 11.4 Å². The number of rotatable bonds is 6. The molecule has 4 rings (SSSR count). The van der Waals surface area contributed by atoms with E-state index in [0.717, 1.165) is 16.3 Å². The molecule has 0 saturated carbocycles. The Hall–Kier alpha value is -2.18. The summed E-state index contributed by atoms with van der Waals surface area (Å²) >= 11 is 6.07. The monoisotopic (exact) mass is 562 g/mol. The van der Waals surface area contributed by atoms with Crippen molar-refractivity contribution in [2.75, 3.05) is 13.2 Å². The third kappa shape index (κ3) is 6.64. The van der Waals surface area contributed by atoms with Gasteiger partial charge in [0.05, 0.1) is 0 Å². The van der Waals surface area contributed by atoms with Crippen LogP contribution in [-0.4, -0.2) is 45.8 Å². The molecule has 2 aromatic rings. The Bertz CT molecular complexity index is 1270. The molecule has 2 aliphatic rings. The number of aromatic amines is 1. The topological polar surface area (TPSA) is 138 Å². The Morgan fingerprint density at radius 3 is 2.81 bits per heavy atom. The molecule has 2 aliphatic heterocycles. The number of aromatic nitrogens is 2. The average Bonchev–Trinajstić information content (AvgIpc) is 3.22. The van der Waals surface area contributed by atoms with Gasteiger partial charge in [-0.15, -0.1) is 0 Å². The van der Waals surface area contributed by atoms with Gasteiger partial charge in [-0.05, 0) is 0 Å². The van der Waals surface area contributed by atoms with E-state index in [1.54, 1.807) is 39.0 Å². The third-order valence-corrected chi connectivity index (χ3v) is 7.81. The van der Waals surface area contributed by atoms with Crippen LogP contribution in [0.1, 0.15) is 51.5 Å². The van der Waals surface area contributed by atoms with Crippen molar-refractivity contribution in [3.63, 3.8) is 0 Å². The van der Waals surface area contributed by atoms with Crippen molar-refractivity contribution in [2.24, 2.45) is 5.41 Å². The van der Waals surface area contributed by atoms with Gasteiger partial charge in [-0.3, -0.25) is 0 Å². The molecular weight excluding hydrogens is 534 g/mol. The van der Waals surface area contributed by atoms with Crippen molar-refractivity contribution in [2.45, 2.75) is 58.2 Å². The molecule has 2 saturated heterocycles. The van der Waals surface area contributed by atoms with Crippen LogP contribution in [-0.2, 0) is 27.8 Å². The van der Waals surface area contributed by atoms with Crippen LogP contribution in [0.5, 0.6) is 0 Å². The van der Waals surface area contributed by atoms with Crippen molar-refractivity contribution in [3.8, 4) is 0 Å². The Kier molecular flexibility index (Phi) is 8.20. The molecule has 2 N–H and O–H groups in total. The van der Waals surface area contributed by atoms with E-state index in [1.165, 1.54) is 0 Å². The second kappa shape index (κ2) is 10.9. The number of esters is 1. The number of nitrogens with one attached hydrogen (secondary N) is 1. The van der Waals surface area contributed by atoms with Crippen LogP contribution in [0.4, 0.5) is 4.39 Å². The zero-order chi connectivity index (χ0) is 27.0. The summed E-state index contributed by atoms with van der Waals surface area (Å²) in [6.45, 7) is 4.87. The molecule has 1 aromatic heterocycles. The molecule has 0 amide bonds. The first-order valence-electron chi connectivity index (χ1n) is 11.7. The molecular formula is C23H29ClFN2O9P. The summed E-state index contributed by atoms with van der Waals surface area (Å²) in [5.74, 6) is -1.71. The van der Waals surface area contributed by atoms with Crippen LogP contribution in [0.3, 0.4) is 0 Å². The second-order valence-corrected chi connectivity index (χ2v) is 12.1. The normalized spacial score (nSPS) is 26.5. The molecule has 2 fully saturated rings. The third-order valence-electron chi connectivity index (χ3n) is 5.89. The summed E-state index contributed by atoms with van der Waals surface area (Å²) in [6.07, 6.45) is -2.31. The van der Waals surface area contributed by atoms with E-state index in [9.17, 15) is 23.7 Å². The van der Waals surface area contributed by atoms with Crippen LogP contribution in [0.15, 0.2) is 40.1 Å². The molecule has 0 radical (unpaired) electrons. The summed E-state index contributed by atoms with van der Waals surface area (Å²) in [7, 11) is -4.14. The molecule has 3 heterocycles. The fourth-order valence-electron chi connectivity index (χ4n) is 3.91. The zero-order valence-corrected chi connectivity index (χ0v) is 22.2. The van der Waals surface area contributed by atoms with Gasteiger partial charge >= 0.3 is 217 Å². The van der Waals surface area contributed by atoms with Gasteiger partial charge in [-0.25, -0.2) is 0 Å². The standard InChI is InChI=1S/C23H29ClFN2O9P/c1-23(2,3)21(29)35-17-10-19(27-11-15(25)20(28)26-22(27)30)34-18(17)12-33-37(31)32-8-7-16(36-37)13-5-4-6-14(24)9-13/h4-6,9,11,16-19,31,37H,7-8,10,12H2,1-3H3,(H,26,28,30)/t16?,17-,18+,19+/m0/s1. The van der Waals surface area contributed by atoms with Gasteiger partial charge in [0.2, 0.25) is 0 Å². The van der Waals surface area contributed by atoms with Crippen molar-refractivity contribution in [1.29, 1.82) is 0 Å². The van der Waals surface area contributed by atoms with Gasteiger partial charge in [-0.1, -0.05) is 0 Å². The van der Waals surface area contributed by atoms with E-state index in [2.05, 4.69) is 0 Å². The average molecular weight is 563 g/mol. The molecule has 1 aromatic carbocycles. The van der Waals surface area contributed by atoms with E-state index in [-0.39, 0.29) is 19.6 Å². The summed E-state index contributed by atoms with van der Waals surface area (Å²) in [5, 5.41) is 0.515. The Morgan fingerprint density at radius 2 is 2.11 bits per heavy atom. The number of benzene rings is 1. The Morgan fingerprint density at radius 1 is 1.35 bits per heavy atom.